The highest BCUT2D eigenvalue weighted by atomic mass is 32.2. The second kappa shape index (κ2) is 7.15. The van der Waals surface area contributed by atoms with Crippen LogP contribution >= 0.6 is 11.8 Å². The maximum atomic E-state index is 6.39. The average molecular weight is 299 g/mol. The molecule has 2 aromatic rings. The van der Waals surface area contributed by atoms with E-state index in [1.807, 2.05) is 11.8 Å². The van der Waals surface area contributed by atoms with E-state index in [-0.39, 0.29) is 6.04 Å². The zero-order chi connectivity index (χ0) is 15.4. The van der Waals surface area contributed by atoms with Gasteiger partial charge in [0.25, 0.3) is 0 Å². The van der Waals surface area contributed by atoms with Crippen LogP contribution in [0.4, 0.5) is 0 Å². The molecule has 0 spiro atoms. The van der Waals surface area contributed by atoms with Crippen LogP contribution in [0.3, 0.4) is 0 Å². The Morgan fingerprint density at radius 3 is 2.14 bits per heavy atom. The Morgan fingerprint density at radius 1 is 0.952 bits per heavy atom. The van der Waals surface area contributed by atoms with Gasteiger partial charge in [-0.05, 0) is 44.4 Å². The van der Waals surface area contributed by atoms with E-state index in [0.29, 0.717) is 5.25 Å². The molecule has 0 saturated heterocycles. The lowest BCUT2D eigenvalue weighted by Crippen LogP contribution is -2.25. The van der Waals surface area contributed by atoms with Gasteiger partial charge in [0.2, 0.25) is 0 Å². The monoisotopic (exact) mass is 299 g/mol. The molecule has 0 amide bonds. The summed E-state index contributed by atoms with van der Waals surface area (Å²) in [5.41, 5.74) is 11.6. The second-order valence-electron chi connectivity index (χ2n) is 5.79. The standard InChI is InChI=1S/C19H25NS/c1-5-17(20)19(16-9-6-13(2)7-10-16)21-18-11-8-14(3)12-15(18)4/h6-12,17,19H,5,20H2,1-4H3. The smallest absolute Gasteiger partial charge is 0.0495 e. The molecule has 0 aliphatic heterocycles. The summed E-state index contributed by atoms with van der Waals surface area (Å²) >= 11 is 1.89. The first-order valence-corrected chi connectivity index (χ1v) is 8.45. The molecule has 2 atom stereocenters. The molecule has 0 aliphatic rings. The molecule has 112 valence electrons. The molecule has 1 nitrogen and oxygen atoms in total. The summed E-state index contributed by atoms with van der Waals surface area (Å²) < 4.78 is 0. The lowest BCUT2D eigenvalue weighted by molar-refractivity contribution is 0.634. The van der Waals surface area contributed by atoms with Crippen molar-refractivity contribution in [2.24, 2.45) is 5.73 Å². The van der Waals surface area contributed by atoms with Crippen molar-refractivity contribution in [3.05, 3.63) is 64.7 Å². The maximum absolute atomic E-state index is 6.39. The van der Waals surface area contributed by atoms with Crippen molar-refractivity contribution in [1.29, 1.82) is 0 Å². The fraction of sp³-hybridized carbons (Fsp3) is 0.368. The molecule has 0 heterocycles. The highest BCUT2D eigenvalue weighted by Gasteiger charge is 2.20. The van der Waals surface area contributed by atoms with E-state index in [9.17, 15) is 0 Å². The van der Waals surface area contributed by atoms with E-state index < -0.39 is 0 Å². The van der Waals surface area contributed by atoms with Crippen LogP contribution in [-0.2, 0) is 0 Å². The molecule has 0 aromatic heterocycles. The molecule has 0 aliphatic carbocycles. The van der Waals surface area contributed by atoms with Crippen LogP contribution in [0, 0.1) is 20.8 Å². The molecule has 2 N–H and O–H groups in total. The third-order valence-corrected chi connectivity index (χ3v) is 5.44. The van der Waals surface area contributed by atoms with Crippen molar-refractivity contribution < 1.29 is 0 Å². The lowest BCUT2D eigenvalue weighted by atomic mass is 10.0. The Morgan fingerprint density at radius 2 is 1.57 bits per heavy atom. The number of rotatable bonds is 5. The molecule has 2 aromatic carbocycles. The summed E-state index contributed by atoms with van der Waals surface area (Å²) in [7, 11) is 0. The van der Waals surface area contributed by atoms with Gasteiger partial charge in [0.1, 0.15) is 0 Å². The molecule has 2 unspecified atom stereocenters. The summed E-state index contributed by atoms with van der Waals surface area (Å²) in [6.45, 7) is 8.60. The van der Waals surface area contributed by atoms with E-state index in [0.717, 1.165) is 6.42 Å². The summed E-state index contributed by atoms with van der Waals surface area (Å²) in [5, 5.41) is 0.303. The zero-order valence-electron chi connectivity index (χ0n) is 13.4. The first-order valence-electron chi connectivity index (χ1n) is 7.57. The number of benzene rings is 2. The van der Waals surface area contributed by atoms with Crippen LogP contribution in [0.2, 0.25) is 0 Å². The summed E-state index contributed by atoms with van der Waals surface area (Å²) in [6.07, 6.45) is 0.983. The molecule has 0 bridgehead atoms. The van der Waals surface area contributed by atoms with E-state index in [1.54, 1.807) is 0 Å². The van der Waals surface area contributed by atoms with Crippen LogP contribution in [0.25, 0.3) is 0 Å². The Bertz CT molecular complexity index is 589. The zero-order valence-corrected chi connectivity index (χ0v) is 14.2. The lowest BCUT2D eigenvalue weighted by Gasteiger charge is -2.24. The average Bonchev–Trinajstić information content (AvgIpc) is 2.47. The molecule has 0 saturated carbocycles. The Hall–Kier alpha value is -1.25. The van der Waals surface area contributed by atoms with Gasteiger partial charge in [0, 0.05) is 16.2 Å². The first-order chi connectivity index (χ1) is 10.0. The Kier molecular flexibility index (Phi) is 5.49. The van der Waals surface area contributed by atoms with Crippen molar-refractivity contribution in [1.82, 2.24) is 0 Å². The minimum Gasteiger partial charge on any atom is -0.326 e. The van der Waals surface area contributed by atoms with Crippen LogP contribution in [0.1, 0.15) is 40.8 Å². The molecule has 21 heavy (non-hydrogen) atoms. The van der Waals surface area contributed by atoms with E-state index in [4.69, 9.17) is 5.73 Å². The quantitative estimate of drug-likeness (QED) is 0.770. The molecule has 2 heteroatoms. The van der Waals surface area contributed by atoms with Gasteiger partial charge in [-0.2, -0.15) is 0 Å². The van der Waals surface area contributed by atoms with Gasteiger partial charge < -0.3 is 5.73 Å². The minimum atomic E-state index is 0.165. The summed E-state index contributed by atoms with van der Waals surface area (Å²) in [5.74, 6) is 0. The van der Waals surface area contributed by atoms with Gasteiger partial charge in [-0.3, -0.25) is 0 Å². The van der Waals surface area contributed by atoms with Crippen LogP contribution in [0.5, 0.6) is 0 Å². The highest BCUT2D eigenvalue weighted by Crippen LogP contribution is 2.39. The fourth-order valence-corrected chi connectivity index (χ4v) is 3.77. The van der Waals surface area contributed by atoms with Crippen molar-refractivity contribution >= 4 is 11.8 Å². The van der Waals surface area contributed by atoms with Crippen LogP contribution in [-0.4, -0.2) is 6.04 Å². The van der Waals surface area contributed by atoms with Gasteiger partial charge >= 0.3 is 0 Å². The predicted octanol–water partition coefficient (Wildman–Crippen LogP) is 5.18. The van der Waals surface area contributed by atoms with E-state index in [1.165, 1.54) is 27.1 Å². The Labute approximate surface area is 133 Å². The first kappa shape index (κ1) is 16.1. The largest absolute Gasteiger partial charge is 0.326 e. The Balaban J connectivity index is 2.30. The fourth-order valence-electron chi connectivity index (χ4n) is 2.44. The van der Waals surface area contributed by atoms with Crippen molar-refractivity contribution in [2.75, 3.05) is 0 Å². The second-order valence-corrected chi connectivity index (χ2v) is 6.97. The molecule has 2 rings (SSSR count). The van der Waals surface area contributed by atoms with Crippen molar-refractivity contribution in [2.45, 2.75) is 50.3 Å². The van der Waals surface area contributed by atoms with E-state index in [2.05, 4.69) is 70.2 Å². The van der Waals surface area contributed by atoms with Crippen molar-refractivity contribution in [3.63, 3.8) is 0 Å². The van der Waals surface area contributed by atoms with Gasteiger partial charge in [-0.25, -0.2) is 0 Å². The maximum Gasteiger partial charge on any atom is 0.0495 e. The molecule has 0 fully saturated rings. The molecular formula is C19H25NS. The number of nitrogens with two attached hydrogens (primary N) is 1. The number of aryl methyl sites for hydroxylation is 3. The number of hydrogen-bond donors (Lipinski definition) is 1. The van der Waals surface area contributed by atoms with Crippen LogP contribution in [0.15, 0.2) is 47.4 Å². The summed E-state index contributed by atoms with van der Waals surface area (Å²) in [4.78, 5) is 1.33. The van der Waals surface area contributed by atoms with Crippen molar-refractivity contribution in [3.8, 4) is 0 Å². The number of thioether (sulfide) groups is 1. The van der Waals surface area contributed by atoms with Gasteiger partial charge in [0.05, 0.1) is 0 Å². The van der Waals surface area contributed by atoms with Crippen LogP contribution < -0.4 is 5.73 Å². The highest BCUT2D eigenvalue weighted by molar-refractivity contribution is 7.99. The van der Waals surface area contributed by atoms with E-state index >= 15 is 0 Å². The predicted molar refractivity (Wildman–Crippen MR) is 94.0 cm³/mol. The molecule has 0 radical (unpaired) electrons. The van der Waals surface area contributed by atoms with Gasteiger partial charge in [0.15, 0.2) is 0 Å². The number of hydrogen-bond acceptors (Lipinski definition) is 2. The van der Waals surface area contributed by atoms with Gasteiger partial charge in [-0.15, -0.1) is 11.8 Å². The third-order valence-electron chi connectivity index (χ3n) is 3.85. The third kappa shape index (κ3) is 4.12. The summed E-state index contributed by atoms with van der Waals surface area (Å²) in [6, 6.07) is 15.6. The normalized spacial score (nSPS) is 14.0. The topological polar surface area (TPSA) is 26.0 Å². The SMILES string of the molecule is CCC(N)C(Sc1ccc(C)cc1C)c1ccc(C)cc1. The molecular weight excluding hydrogens is 274 g/mol. The minimum absolute atomic E-state index is 0.165. The van der Waals surface area contributed by atoms with Gasteiger partial charge in [-0.1, -0.05) is 54.4 Å².